The lowest BCUT2D eigenvalue weighted by molar-refractivity contribution is 0.461. The number of sulfonamides is 1. The number of pyridine rings is 1. The summed E-state index contributed by atoms with van der Waals surface area (Å²) < 4.78 is 50.1. The van der Waals surface area contributed by atoms with Crippen LogP contribution in [-0.2, 0) is 19.9 Å². The average Bonchev–Trinajstić information content (AvgIpc) is 2.38. The Bertz CT molecular complexity index is 768. The largest absolute Gasteiger partial charge is 0.439 e. The van der Waals surface area contributed by atoms with Gasteiger partial charge in [-0.3, -0.25) is 0 Å². The fraction of sp³-hybridized carbons (Fsp3) is 0.0833. The Morgan fingerprint density at radius 2 is 1.52 bits per heavy atom. The number of nitrogens with two attached hydrogens (primary N) is 1. The van der Waals surface area contributed by atoms with Crippen LogP contribution in [0.2, 0.25) is 0 Å². The third kappa shape index (κ3) is 4.00. The number of nitrogens with zero attached hydrogens (tertiary/aromatic N) is 1. The molecule has 112 valence electrons. The van der Waals surface area contributed by atoms with Crippen molar-refractivity contribution in [2.45, 2.75) is 9.79 Å². The molecular formula is C12H12N2O5S2. The maximum Gasteiger partial charge on any atom is 0.239 e. The molecule has 0 atom stereocenters. The molecular weight excluding hydrogens is 316 g/mol. The summed E-state index contributed by atoms with van der Waals surface area (Å²) >= 11 is 0. The zero-order valence-corrected chi connectivity index (χ0v) is 12.6. The first kappa shape index (κ1) is 15.4. The van der Waals surface area contributed by atoms with Gasteiger partial charge in [0.15, 0.2) is 9.84 Å². The second kappa shape index (κ2) is 5.43. The van der Waals surface area contributed by atoms with Crippen molar-refractivity contribution in [3.63, 3.8) is 0 Å². The fourth-order valence-electron chi connectivity index (χ4n) is 1.47. The summed E-state index contributed by atoms with van der Waals surface area (Å²) in [5.41, 5.74) is 0. The second-order valence-electron chi connectivity index (χ2n) is 4.22. The average molecular weight is 328 g/mol. The van der Waals surface area contributed by atoms with Crippen LogP contribution in [-0.4, -0.2) is 28.1 Å². The summed E-state index contributed by atoms with van der Waals surface area (Å²) in [5, 5.41) is 4.95. The quantitative estimate of drug-likeness (QED) is 0.892. The van der Waals surface area contributed by atoms with Crippen LogP contribution in [0.4, 0.5) is 0 Å². The lowest BCUT2D eigenvalue weighted by Gasteiger charge is -2.06. The van der Waals surface area contributed by atoms with Gasteiger partial charge in [-0.25, -0.2) is 27.0 Å². The van der Waals surface area contributed by atoms with Crippen LogP contribution >= 0.6 is 0 Å². The molecule has 0 saturated heterocycles. The lowest BCUT2D eigenvalue weighted by atomic mass is 10.3. The summed E-state index contributed by atoms with van der Waals surface area (Å²) in [6, 6.07) is 8.39. The van der Waals surface area contributed by atoms with Crippen molar-refractivity contribution in [1.82, 2.24) is 4.98 Å². The topological polar surface area (TPSA) is 116 Å². The van der Waals surface area contributed by atoms with Gasteiger partial charge in [0.25, 0.3) is 0 Å². The predicted molar refractivity (Wildman–Crippen MR) is 75.2 cm³/mol. The molecule has 1 aromatic carbocycles. The summed E-state index contributed by atoms with van der Waals surface area (Å²) in [6.45, 7) is 0. The van der Waals surface area contributed by atoms with Gasteiger partial charge in [0, 0.05) is 12.3 Å². The Kier molecular flexibility index (Phi) is 3.99. The Labute approximate surface area is 122 Å². The van der Waals surface area contributed by atoms with Gasteiger partial charge in [0.2, 0.25) is 15.9 Å². The highest BCUT2D eigenvalue weighted by atomic mass is 32.2. The van der Waals surface area contributed by atoms with Gasteiger partial charge < -0.3 is 4.74 Å². The number of primary sulfonamides is 1. The number of sulfone groups is 1. The third-order valence-corrected chi connectivity index (χ3v) is 4.54. The molecule has 0 spiro atoms. The van der Waals surface area contributed by atoms with Crippen LogP contribution in [0.25, 0.3) is 0 Å². The first-order valence-electron chi connectivity index (χ1n) is 5.63. The van der Waals surface area contributed by atoms with Gasteiger partial charge in [-0.2, -0.15) is 0 Å². The number of hydrogen-bond acceptors (Lipinski definition) is 6. The highest BCUT2D eigenvalue weighted by molar-refractivity contribution is 7.90. The molecule has 9 heteroatoms. The van der Waals surface area contributed by atoms with E-state index in [0.29, 0.717) is 5.75 Å². The molecule has 21 heavy (non-hydrogen) atoms. The normalized spacial score (nSPS) is 12.1. The van der Waals surface area contributed by atoms with Crippen LogP contribution in [0.1, 0.15) is 0 Å². The van der Waals surface area contributed by atoms with Crippen LogP contribution in [0.3, 0.4) is 0 Å². The van der Waals surface area contributed by atoms with E-state index in [1.807, 2.05) is 0 Å². The number of rotatable bonds is 4. The van der Waals surface area contributed by atoms with Crippen molar-refractivity contribution in [1.29, 1.82) is 0 Å². The van der Waals surface area contributed by atoms with E-state index in [1.165, 1.54) is 36.4 Å². The van der Waals surface area contributed by atoms with E-state index in [-0.39, 0.29) is 15.7 Å². The number of hydrogen-bond donors (Lipinski definition) is 1. The van der Waals surface area contributed by atoms with Crippen LogP contribution in [0.15, 0.2) is 52.4 Å². The standard InChI is InChI=1S/C12H12N2O5S2/c1-20(15,16)10-4-2-9(3-5-10)19-12-7-6-11(8-14-12)21(13,17)18/h2-8H,1H3,(H2,13,17,18). The van der Waals surface area contributed by atoms with Gasteiger partial charge in [-0.05, 0) is 30.3 Å². The molecule has 2 aromatic rings. The molecule has 1 aromatic heterocycles. The van der Waals surface area contributed by atoms with Crippen LogP contribution in [0.5, 0.6) is 11.6 Å². The summed E-state index contributed by atoms with van der Waals surface area (Å²) in [5.74, 6) is 0.535. The molecule has 0 aliphatic carbocycles. The van der Waals surface area contributed by atoms with Gasteiger partial charge in [-0.1, -0.05) is 0 Å². The molecule has 0 amide bonds. The van der Waals surface area contributed by atoms with Crippen LogP contribution < -0.4 is 9.88 Å². The lowest BCUT2D eigenvalue weighted by Crippen LogP contribution is -2.12. The van der Waals surface area contributed by atoms with E-state index in [0.717, 1.165) is 12.5 Å². The molecule has 7 nitrogen and oxygen atoms in total. The zero-order chi connectivity index (χ0) is 15.7. The minimum Gasteiger partial charge on any atom is -0.439 e. The molecule has 0 bridgehead atoms. The summed E-state index contributed by atoms with van der Waals surface area (Å²) in [7, 11) is -7.07. The Morgan fingerprint density at radius 1 is 0.952 bits per heavy atom. The fourth-order valence-corrected chi connectivity index (χ4v) is 2.56. The first-order valence-corrected chi connectivity index (χ1v) is 9.07. The van der Waals surface area contributed by atoms with E-state index < -0.39 is 19.9 Å². The predicted octanol–water partition coefficient (Wildman–Crippen LogP) is 0.925. The van der Waals surface area contributed by atoms with Crippen molar-refractivity contribution in [3.8, 4) is 11.6 Å². The Balaban J connectivity index is 2.19. The molecule has 0 saturated carbocycles. The first-order chi connectivity index (χ1) is 9.66. The van der Waals surface area contributed by atoms with Crippen molar-refractivity contribution in [3.05, 3.63) is 42.6 Å². The van der Waals surface area contributed by atoms with Crippen LogP contribution in [0, 0.1) is 0 Å². The minimum absolute atomic E-state index is 0.123. The number of ether oxygens (including phenoxy) is 1. The van der Waals surface area contributed by atoms with Crippen molar-refractivity contribution >= 4 is 19.9 Å². The molecule has 0 fully saturated rings. The highest BCUT2D eigenvalue weighted by Crippen LogP contribution is 2.21. The summed E-state index contributed by atoms with van der Waals surface area (Å²) in [6.07, 6.45) is 2.19. The van der Waals surface area contributed by atoms with Gasteiger partial charge >= 0.3 is 0 Å². The van der Waals surface area contributed by atoms with E-state index >= 15 is 0 Å². The van der Waals surface area contributed by atoms with E-state index in [9.17, 15) is 16.8 Å². The smallest absolute Gasteiger partial charge is 0.239 e. The summed E-state index contributed by atoms with van der Waals surface area (Å²) in [4.78, 5) is 3.86. The SMILES string of the molecule is CS(=O)(=O)c1ccc(Oc2ccc(S(N)(=O)=O)cn2)cc1. The van der Waals surface area contributed by atoms with Gasteiger partial charge in [0.05, 0.1) is 11.1 Å². The highest BCUT2D eigenvalue weighted by Gasteiger charge is 2.09. The van der Waals surface area contributed by atoms with Crippen molar-refractivity contribution in [2.24, 2.45) is 5.14 Å². The molecule has 2 N–H and O–H groups in total. The third-order valence-electron chi connectivity index (χ3n) is 2.51. The number of benzene rings is 1. The van der Waals surface area contributed by atoms with E-state index in [2.05, 4.69) is 4.98 Å². The van der Waals surface area contributed by atoms with Gasteiger partial charge in [-0.15, -0.1) is 0 Å². The maximum atomic E-state index is 11.3. The Hall–Kier alpha value is -1.97. The zero-order valence-electron chi connectivity index (χ0n) is 10.9. The minimum atomic E-state index is -3.80. The van der Waals surface area contributed by atoms with Crippen molar-refractivity contribution in [2.75, 3.05) is 6.26 Å². The molecule has 0 aliphatic heterocycles. The molecule has 0 radical (unpaired) electrons. The van der Waals surface area contributed by atoms with E-state index in [4.69, 9.17) is 9.88 Å². The Morgan fingerprint density at radius 3 is 1.95 bits per heavy atom. The van der Waals surface area contributed by atoms with Gasteiger partial charge in [0.1, 0.15) is 10.6 Å². The maximum absolute atomic E-state index is 11.3. The van der Waals surface area contributed by atoms with Crippen molar-refractivity contribution < 1.29 is 21.6 Å². The molecule has 2 rings (SSSR count). The molecule has 1 heterocycles. The molecule has 0 unspecified atom stereocenters. The second-order valence-corrected chi connectivity index (χ2v) is 7.80. The van der Waals surface area contributed by atoms with E-state index in [1.54, 1.807) is 0 Å². The number of aromatic nitrogens is 1. The monoisotopic (exact) mass is 328 g/mol. The molecule has 0 aliphatic rings.